The molecule has 2 unspecified atom stereocenters. The summed E-state index contributed by atoms with van der Waals surface area (Å²) in [7, 11) is 0. The quantitative estimate of drug-likeness (QED) is 0.774. The second-order valence-corrected chi connectivity index (χ2v) is 5.96. The Morgan fingerprint density at radius 1 is 1.39 bits per heavy atom. The zero-order valence-corrected chi connectivity index (χ0v) is 12.1. The van der Waals surface area contributed by atoms with Gasteiger partial charge in [-0.3, -0.25) is 9.69 Å². The van der Waals surface area contributed by atoms with E-state index in [9.17, 15) is 4.79 Å². The Bertz CT molecular complexity index is 299. The summed E-state index contributed by atoms with van der Waals surface area (Å²) in [4.78, 5) is 14.0. The third-order valence-electron chi connectivity index (χ3n) is 4.96. The SMILES string of the molecule is CCC1(CC)CC(N2CCC(=O)CC2C)CCO1. The first-order valence-corrected chi connectivity index (χ1v) is 7.51. The lowest BCUT2D eigenvalue weighted by Crippen LogP contribution is -2.53. The van der Waals surface area contributed by atoms with Crippen molar-refractivity contribution in [1.29, 1.82) is 0 Å². The molecule has 0 aromatic heterocycles. The zero-order valence-electron chi connectivity index (χ0n) is 12.1. The summed E-state index contributed by atoms with van der Waals surface area (Å²) in [6.07, 6.45) is 5.94. The van der Waals surface area contributed by atoms with E-state index in [1.807, 2.05) is 0 Å². The number of piperidine rings is 1. The predicted molar refractivity (Wildman–Crippen MR) is 72.7 cm³/mol. The molecule has 2 fully saturated rings. The second kappa shape index (κ2) is 5.70. The molecule has 0 spiro atoms. The topological polar surface area (TPSA) is 29.5 Å². The summed E-state index contributed by atoms with van der Waals surface area (Å²) < 4.78 is 6.05. The van der Waals surface area contributed by atoms with E-state index in [1.54, 1.807) is 0 Å². The van der Waals surface area contributed by atoms with Crippen LogP contribution in [-0.4, -0.2) is 41.5 Å². The van der Waals surface area contributed by atoms with Crippen molar-refractivity contribution in [2.24, 2.45) is 0 Å². The Morgan fingerprint density at radius 3 is 2.72 bits per heavy atom. The molecule has 2 aliphatic heterocycles. The third kappa shape index (κ3) is 2.77. The molecule has 0 saturated carbocycles. The number of carbonyl (C=O) groups is 1. The summed E-state index contributed by atoms with van der Waals surface area (Å²) in [6.45, 7) is 8.49. The highest BCUT2D eigenvalue weighted by Gasteiger charge is 2.39. The summed E-state index contributed by atoms with van der Waals surface area (Å²) in [5, 5.41) is 0. The molecule has 0 aliphatic carbocycles. The molecule has 2 saturated heterocycles. The number of ether oxygens (including phenoxy) is 1. The third-order valence-corrected chi connectivity index (χ3v) is 4.96. The molecule has 0 N–H and O–H groups in total. The molecule has 18 heavy (non-hydrogen) atoms. The predicted octanol–water partition coefficient (Wildman–Crippen LogP) is 2.78. The maximum absolute atomic E-state index is 11.5. The molecular weight excluding hydrogens is 226 g/mol. The molecule has 0 bridgehead atoms. The van der Waals surface area contributed by atoms with Gasteiger partial charge in [0, 0.05) is 38.1 Å². The van der Waals surface area contributed by atoms with Gasteiger partial charge in [0.15, 0.2) is 0 Å². The van der Waals surface area contributed by atoms with Gasteiger partial charge in [0.25, 0.3) is 0 Å². The van der Waals surface area contributed by atoms with E-state index in [2.05, 4.69) is 25.7 Å². The lowest BCUT2D eigenvalue weighted by atomic mass is 9.84. The number of likely N-dealkylation sites (tertiary alicyclic amines) is 1. The van der Waals surface area contributed by atoms with Gasteiger partial charge in [-0.2, -0.15) is 0 Å². The van der Waals surface area contributed by atoms with Gasteiger partial charge in [0.1, 0.15) is 5.78 Å². The Kier molecular flexibility index (Phi) is 4.44. The van der Waals surface area contributed by atoms with Crippen LogP contribution in [0.15, 0.2) is 0 Å². The van der Waals surface area contributed by atoms with Gasteiger partial charge >= 0.3 is 0 Å². The van der Waals surface area contributed by atoms with Crippen LogP contribution in [0.3, 0.4) is 0 Å². The molecule has 0 aromatic rings. The fraction of sp³-hybridized carbons (Fsp3) is 0.933. The number of Topliss-reactive ketones (excluding diaryl/α,β-unsaturated/α-hetero) is 1. The Labute approximate surface area is 111 Å². The molecule has 3 heteroatoms. The summed E-state index contributed by atoms with van der Waals surface area (Å²) in [5.41, 5.74) is 0.0874. The molecule has 104 valence electrons. The Hall–Kier alpha value is -0.410. The van der Waals surface area contributed by atoms with Crippen molar-refractivity contribution in [2.75, 3.05) is 13.2 Å². The van der Waals surface area contributed by atoms with Crippen LogP contribution in [0.5, 0.6) is 0 Å². The van der Waals surface area contributed by atoms with E-state index in [1.165, 1.54) is 0 Å². The summed E-state index contributed by atoms with van der Waals surface area (Å²) in [5.74, 6) is 0.433. The smallest absolute Gasteiger partial charge is 0.135 e. The van der Waals surface area contributed by atoms with Crippen LogP contribution in [0, 0.1) is 0 Å². The monoisotopic (exact) mass is 253 g/mol. The highest BCUT2D eigenvalue weighted by molar-refractivity contribution is 5.79. The van der Waals surface area contributed by atoms with Crippen molar-refractivity contribution >= 4 is 5.78 Å². The largest absolute Gasteiger partial charge is 0.375 e. The van der Waals surface area contributed by atoms with Crippen LogP contribution in [0.4, 0.5) is 0 Å². The van der Waals surface area contributed by atoms with E-state index >= 15 is 0 Å². The van der Waals surface area contributed by atoms with Crippen LogP contribution < -0.4 is 0 Å². The van der Waals surface area contributed by atoms with Gasteiger partial charge in [0.2, 0.25) is 0 Å². The number of nitrogens with zero attached hydrogens (tertiary/aromatic N) is 1. The van der Waals surface area contributed by atoms with E-state index in [0.717, 1.165) is 51.7 Å². The minimum Gasteiger partial charge on any atom is -0.375 e. The van der Waals surface area contributed by atoms with Crippen molar-refractivity contribution in [1.82, 2.24) is 4.90 Å². The number of carbonyl (C=O) groups excluding carboxylic acids is 1. The van der Waals surface area contributed by atoms with E-state index in [-0.39, 0.29) is 5.60 Å². The second-order valence-electron chi connectivity index (χ2n) is 5.96. The number of rotatable bonds is 3. The standard InChI is InChI=1S/C15H27NO2/c1-4-15(5-2)11-13(7-9-18-15)16-8-6-14(17)10-12(16)3/h12-13H,4-11H2,1-3H3. The van der Waals surface area contributed by atoms with Crippen LogP contribution in [-0.2, 0) is 9.53 Å². The summed E-state index contributed by atoms with van der Waals surface area (Å²) >= 11 is 0. The van der Waals surface area contributed by atoms with Crippen LogP contribution in [0.25, 0.3) is 0 Å². The molecule has 2 rings (SSSR count). The van der Waals surface area contributed by atoms with Crippen LogP contribution in [0.1, 0.15) is 59.3 Å². The molecule has 0 radical (unpaired) electrons. The fourth-order valence-electron chi connectivity index (χ4n) is 3.59. The average molecular weight is 253 g/mol. The lowest BCUT2D eigenvalue weighted by molar-refractivity contribution is -0.131. The van der Waals surface area contributed by atoms with Crippen LogP contribution in [0.2, 0.25) is 0 Å². The van der Waals surface area contributed by atoms with Gasteiger partial charge in [-0.1, -0.05) is 13.8 Å². The Morgan fingerprint density at radius 2 is 2.11 bits per heavy atom. The van der Waals surface area contributed by atoms with E-state index in [0.29, 0.717) is 17.9 Å². The van der Waals surface area contributed by atoms with Crippen LogP contribution >= 0.6 is 0 Å². The number of ketones is 1. The minimum absolute atomic E-state index is 0.0874. The highest BCUT2D eigenvalue weighted by Crippen LogP contribution is 2.35. The minimum atomic E-state index is 0.0874. The molecule has 2 aliphatic rings. The van der Waals surface area contributed by atoms with Crippen molar-refractivity contribution < 1.29 is 9.53 Å². The van der Waals surface area contributed by atoms with Gasteiger partial charge in [-0.25, -0.2) is 0 Å². The molecular formula is C15H27NO2. The van der Waals surface area contributed by atoms with Crippen molar-refractivity contribution in [3.8, 4) is 0 Å². The summed E-state index contributed by atoms with van der Waals surface area (Å²) in [6, 6.07) is 1.03. The molecule has 0 aromatic carbocycles. The molecule has 3 nitrogen and oxygen atoms in total. The lowest BCUT2D eigenvalue weighted by Gasteiger charge is -2.47. The van der Waals surface area contributed by atoms with Gasteiger partial charge in [-0.15, -0.1) is 0 Å². The van der Waals surface area contributed by atoms with Gasteiger partial charge in [0.05, 0.1) is 5.60 Å². The normalized spacial score (nSPS) is 33.6. The molecule has 2 heterocycles. The maximum atomic E-state index is 11.5. The molecule has 2 atom stereocenters. The number of hydrogen-bond donors (Lipinski definition) is 0. The average Bonchev–Trinajstić information content (AvgIpc) is 2.38. The maximum Gasteiger partial charge on any atom is 0.135 e. The first kappa shape index (κ1) is 14.0. The Balaban J connectivity index is 2.02. The van der Waals surface area contributed by atoms with Crippen molar-refractivity contribution in [3.05, 3.63) is 0 Å². The van der Waals surface area contributed by atoms with E-state index < -0.39 is 0 Å². The van der Waals surface area contributed by atoms with E-state index in [4.69, 9.17) is 4.74 Å². The highest BCUT2D eigenvalue weighted by atomic mass is 16.5. The first-order chi connectivity index (χ1) is 8.60. The number of hydrogen-bond acceptors (Lipinski definition) is 3. The van der Waals surface area contributed by atoms with Gasteiger partial charge in [-0.05, 0) is 32.6 Å². The van der Waals surface area contributed by atoms with Gasteiger partial charge < -0.3 is 4.74 Å². The van der Waals surface area contributed by atoms with Crippen molar-refractivity contribution in [3.63, 3.8) is 0 Å². The molecule has 0 amide bonds. The zero-order chi connectivity index (χ0) is 13.2. The van der Waals surface area contributed by atoms with Crippen molar-refractivity contribution in [2.45, 2.75) is 77.0 Å². The fourth-order valence-corrected chi connectivity index (χ4v) is 3.59. The first-order valence-electron chi connectivity index (χ1n) is 7.51.